The molecule has 0 aromatic heterocycles. The molecule has 1 aliphatic heterocycles. The minimum atomic E-state index is -0.695. The summed E-state index contributed by atoms with van der Waals surface area (Å²) in [6.45, 7) is 0.999. The van der Waals surface area contributed by atoms with Crippen molar-refractivity contribution in [1.29, 1.82) is 0 Å². The Bertz CT molecular complexity index is 921. The largest absolute Gasteiger partial charge is 0.337 e. The number of amides is 3. The van der Waals surface area contributed by atoms with Crippen LogP contribution in [0.25, 0.3) is 0 Å². The number of carbonyl (C=O) groups is 2. The van der Waals surface area contributed by atoms with E-state index in [4.69, 9.17) is 11.6 Å². The SMILES string of the molecule is O=C(Nc1ccccc1[N+](=O)[O-])NC1CCCCN(Cc2cccc(Cl)c2)C1=O. The monoisotopic (exact) mass is 416 g/mol. The maximum atomic E-state index is 12.9. The van der Waals surface area contributed by atoms with Crippen LogP contribution >= 0.6 is 11.6 Å². The van der Waals surface area contributed by atoms with Gasteiger partial charge < -0.3 is 15.5 Å². The lowest BCUT2D eigenvalue weighted by atomic mass is 10.1. The summed E-state index contributed by atoms with van der Waals surface area (Å²) in [6, 6.07) is 11.8. The first kappa shape index (κ1) is 20.6. The first-order valence-electron chi connectivity index (χ1n) is 9.28. The van der Waals surface area contributed by atoms with Crippen molar-refractivity contribution >= 4 is 34.9 Å². The molecule has 2 aromatic carbocycles. The molecule has 0 saturated carbocycles. The quantitative estimate of drug-likeness (QED) is 0.568. The van der Waals surface area contributed by atoms with E-state index in [1.54, 1.807) is 17.0 Å². The zero-order valence-corrected chi connectivity index (χ0v) is 16.4. The number of hydrogen-bond acceptors (Lipinski definition) is 4. The fourth-order valence-corrected chi connectivity index (χ4v) is 3.52. The van der Waals surface area contributed by atoms with Gasteiger partial charge in [-0.15, -0.1) is 0 Å². The van der Waals surface area contributed by atoms with Gasteiger partial charge in [0.05, 0.1) is 4.92 Å². The molecule has 0 bridgehead atoms. The second kappa shape index (κ2) is 9.38. The second-order valence-corrected chi connectivity index (χ2v) is 7.25. The fraction of sp³-hybridized carbons (Fsp3) is 0.300. The molecule has 1 saturated heterocycles. The molecule has 9 heteroatoms. The van der Waals surface area contributed by atoms with Crippen LogP contribution in [0.15, 0.2) is 48.5 Å². The predicted octanol–water partition coefficient (Wildman–Crippen LogP) is 3.95. The number of likely N-dealkylation sites (tertiary alicyclic amines) is 1. The fourth-order valence-electron chi connectivity index (χ4n) is 3.31. The molecule has 3 rings (SSSR count). The number of benzene rings is 2. The number of halogens is 1. The molecule has 29 heavy (non-hydrogen) atoms. The Labute approximate surface area is 173 Å². The normalized spacial score (nSPS) is 16.8. The summed E-state index contributed by atoms with van der Waals surface area (Å²) >= 11 is 6.02. The molecule has 1 atom stereocenters. The van der Waals surface area contributed by atoms with Crippen LogP contribution in [0.1, 0.15) is 24.8 Å². The molecule has 1 unspecified atom stereocenters. The number of urea groups is 1. The highest BCUT2D eigenvalue weighted by atomic mass is 35.5. The van der Waals surface area contributed by atoms with Crippen molar-refractivity contribution in [2.45, 2.75) is 31.8 Å². The molecular weight excluding hydrogens is 396 g/mol. The van der Waals surface area contributed by atoms with Gasteiger partial charge in [-0.05, 0) is 43.0 Å². The van der Waals surface area contributed by atoms with Crippen molar-refractivity contribution in [2.75, 3.05) is 11.9 Å². The van der Waals surface area contributed by atoms with E-state index in [9.17, 15) is 19.7 Å². The summed E-state index contributed by atoms with van der Waals surface area (Å²) in [5, 5.41) is 16.8. The van der Waals surface area contributed by atoms with Gasteiger partial charge in [0.15, 0.2) is 0 Å². The van der Waals surface area contributed by atoms with Gasteiger partial charge in [-0.25, -0.2) is 4.79 Å². The maximum Gasteiger partial charge on any atom is 0.320 e. The Morgan fingerprint density at radius 1 is 1.21 bits per heavy atom. The molecule has 0 spiro atoms. The topological polar surface area (TPSA) is 105 Å². The summed E-state index contributed by atoms with van der Waals surface area (Å²) in [7, 11) is 0. The van der Waals surface area contributed by atoms with Crippen molar-refractivity contribution in [3.63, 3.8) is 0 Å². The summed E-state index contributed by atoms with van der Waals surface area (Å²) in [5.41, 5.74) is 0.778. The number of nitro groups is 1. The van der Waals surface area contributed by atoms with Crippen molar-refractivity contribution in [3.05, 3.63) is 69.2 Å². The average Bonchev–Trinajstić information content (AvgIpc) is 2.84. The molecule has 1 aliphatic rings. The van der Waals surface area contributed by atoms with E-state index in [0.717, 1.165) is 18.4 Å². The summed E-state index contributed by atoms with van der Waals surface area (Å²) in [6.07, 6.45) is 2.12. The molecular formula is C20H21ClN4O4. The number of rotatable bonds is 5. The third-order valence-corrected chi connectivity index (χ3v) is 4.93. The summed E-state index contributed by atoms with van der Waals surface area (Å²) < 4.78 is 0. The third kappa shape index (κ3) is 5.45. The predicted molar refractivity (Wildman–Crippen MR) is 110 cm³/mol. The van der Waals surface area contributed by atoms with E-state index in [2.05, 4.69) is 10.6 Å². The lowest BCUT2D eigenvalue weighted by Gasteiger charge is -2.25. The van der Waals surface area contributed by atoms with E-state index in [-0.39, 0.29) is 17.3 Å². The van der Waals surface area contributed by atoms with Crippen LogP contribution in [-0.2, 0) is 11.3 Å². The van der Waals surface area contributed by atoms with Crippen LogP contribution in [0, 0.1) is 10.1 Å². The standard InChI is InChI=1S/C20H21ClN4O4/c21-15-7-5-6-14(12-15)13-24-11-4-3-9-17(19(24)26)23-20(27)22-16-8-1-2-10-18(16)25(28)29/h1-2,5-8,10,12,17H,3-4,9,11,13H2,(H2,22,23,27). The number of nitro benzene ring substituents is 1. The van der Waals surface area contributed by atoms with E-state index in [0.29, 0.717) is 24.5 Å². The van der Waals surface area contributed by atoms with Crippen LogP contribution in [0.4, 0.5) is 16.2 Å². The average molecular weight is 417 g/mol. The molecule has 0 radical (unpaired) electrons. The minimum absolute atomic E-state index is 0.0758. The second-order valence-electron chi connectivity index (χ2n) is 6.81. The van der Waals surface area contributed by atoms with Crippen LogP contribution in [0.2, 0.25) is 5.02 Å². The van der Waals surface area contributed by atoms with Gasteiger partial charge in [0, 0.05) is 24.2 Å². The van der Waals surface area contributed by atoms with Crippen LogP contribution in [-0.4, -0.2) is 34.3 Å². The van der Waals surface area contributed by atoms with Gasteiger partial charge in [-0.3, -0.25) is 14.9 Å². The molecule has 1 heterocycles. The van der Waals surface area contributed by atoms with Crippen LogP contribution in [0.5, 0.6) is 0 Å². The lowest BCUT2D eigenvalue weighted by Crippen LogP contribution is -2.48. The van der Waals surface area contributed by atoms with Gasteiger partial charge >= 0.3 is 6.03 Å². The van der Waals surface area contributed by atoms with Gasteiger partial charge in [0.25, 0.3) is 5.69 Å². The maximum absolute atomic E-state index is 12.9. The van der Waals surface area contributed by atoms with E-state index >= 15 is 0 Å². The number of carbonyl (C=O) groups excluding carboxylic acids is 2. The van der Waals surface area contributed by atoms with Crippen LogP contribution in [0.3, 0.4) is 0 Å². The third-order valence-electron chi connectivity index (χ3n) is 4.70. The van der Waals surface area contributed by atoms with Crippen molar-refractivity contribution < 1.29 is 14.5 Å². The highest BCUT2D eigenvalue weighted by Crippen LogP contribution is 2.23. The number of para-hydroxylation sites is 2. The Morgan fingerprint density at radius 2 is 2.00 bits per heavy atom. The van der Waals surface area contributed by atoms with Crippen LogP contribution < -0.4 is 10.6 Å². The lowest BCUT2D eigenvalue weighted by molar-refractivity contribution is -0.383. The first-order chi connectivity index (χ1) is 13.9. The van der Waals surface area contributed by atoms with Gasteiger partial charge in [0.1, 0.15) is 11.7 Å². The van der Waals surface area contributed by atoms with Crippen molar-refractivity contribution in [3.8, 4) is 0 Å². The Morgan fingerprint density at radius 3 is 2.76 bits per heavy atom. The summed E-state index contributed by atoms with van der Waals surface area (Å²) in [5.74, 6) is -0.180. The summed E-state index contributed by atoms with van der Waals surface area (Å²) in [4.78, 5) is 37.6. The first-order valence-corrected chi connectivity index (χ1v) is 9.66. The van der Waals surface area contributed by atoms with Gasteiger partial charge in [-0.1, -0.05) is 35.9 Å². The molecule has 2 N–H and O–H groups in total. The smallest absolute Gasteiger partial charge is 0.320 e. The molecule has 8 nitrogen and oxygen atoms in total. The molecule has 152 valence electrons. The highest BCUT2D eigenvalue weighted by Gasteiger charge is 2.28. The van der Waals surface area contributed by atoms with E-state index < -0.39 is 17.0 Å². The zero-order chi connectivity index (χ0) is 20.8. The Balaban J connectivity index is 1.67. The number of anilines is 1. The molecule has 1 fully saturated rings. The Kier molecular flexibility index (Phi) is 6.66. The number of nitrogens with one attached hydrogen (secondary N) is 2. The van der Waals surface area contributed by atoms with E-state index in [1.165, 1.54) is 18.2 Å². The van der Waals surface area contributed by atoms with E-state index in [1.807, 2.05) is 18.2 Å². The number of hydrogen-bond donors (Lipinski definition) is 2. The van der Waals surface area contributed by atoms with Crippen molar-refractivity contribution in [2.24, 2.45) is 0 Å². The van der Waals surface area contributed by atoms with Gasteiger partial charge in [-0.2, -0.15) is 0 Å². The number of nitrogens with zero attached hydrogens (tertiary/aromatic N) is 2. The molecule has 0 aliphatic carbocycles. The minimum Gasteiger partial charge on any atom is -0.337 e. The molecule has 3 amide bonds. The molecule has 2 aromatic rings. The Hall–Kier alpha value is -3.13. The highest BCUT2D eigenvalue weighted by molar-refractivity contribution is 6.30. The van der Waals surface area contributed by atoms with Gasteiger partial charge in [0.2, 0.25) is 5.91 Å². The zero-order valence-electron chi connectivity index (χ0n) is 15.6. The van der Waals surface area contributed by atoms with Crippen molar-refractivity contribution in [1.82, 2.24) is 10.2 Å².